The molecular weight excluding hydrogens is 196 g/mol. The number of ether oxygens (including phenoxy) is 3. The molecule has 4 nitrogen and oxygen atoms in total. The Kier molecular flexibility index (Phi) is 2.51. The summed E-state index contributed by atoms with van der Waals surface area (Å²) in [4.78, 5) is 11.5. The molecule has 15 heavy (non-hydrogen) atoms. The summed E-state index contributed by atoms with van der Waals surface area (Å²) in [5.41, 5.74) is -0.493. The van der Waals surface area contributed by atoms with Gasteiger partial charge in [-0.2, -0.15) is 0 Å². The van der Waals surface area contributed by atoms with E-state index in [4.69, 9.17) is 14.2 Å². The van der Waals surface area contributed by atoms with Crippen molar-refractivity contribution in [3.05, 3.63) is 0 Å². The molecule has 86 valence electrons. The minimum atomic E-state index is -0.361. The van der Waals surface area contributed by atoms with Crippen LogP contribution in [0.15, 0.2) is 0 Å². The SMILES string of the molecule is CCOC(=O)[C@H]1O[C@]12CCOC(C)(C)C2. The van der Waals surface area contributed by atoms with Gasteiger partial charge in [-0.05, 0) is 20.8 Å². The van der Waals surface area contributed by atoms with E-state index in [0.717, 1.165) is 12.8 Å². The van der Waals surface area contributed by atoms with Gasteiger partial charge in [-0.1, -0.05) is 0 Å². The first-order valence-electron chi connectivity index (χ1n) is 5.47. The van der Waals surface area contributed by atoms with Crippen LogP contribution >= 0.6 is 0 Å². The number of carbonyl (C=O) groups is 1. The molecule has 0 amide bonds. The fourth-order valence-electron chi connectivity index (χ4n) is 2.37. The van der Waals surface area contributed by atoms with Gasteiger partial charge < -0.3 is 14.2 Å². The molecule has 2 heterocycles. The fourth-order valence-corrected chi connectivity index (χ4v) is 2.37. The third-order valence-electron chi connectivity index (χ3n) is 3.02. The molecule has 0 aromatic rings. The quantitative estimate of drug-likeness (QED) is 0.513. The summed E-state index contributed by atoms with van der Waals surface area (Å²) < 4.78 is 16.1. The van der Waals surface area contributed by atoms with Crippen molar-refractivity contribution in [2.75, 3.05) is 13.2 Å². The van der Waals surface area contributed by atoms with Crippen LogP contribution in [0.1, 0.15) is 33.6 Å². The summed E-state index contributed by atoms with van der Waals surface area (Å²) in [7, 11) is 0. The molecule has 2 saturated heterocycles. The van der Waals surface area contributed by atoms with E-state index in [0.29, 0.717) is 13.2 Å². The zero-order valence-corrected chi connectivity index (χ0v) is 9.54. The van der Waals surface area contributed by atoms with Gasteiger partial charge in [0.05, 0.1) is 18.8 Å². The molecule has 4 heteroatoms. The Bertz CT molecular complexity index is 274. The van der Waals surface area contributed by atoms with E-state index in [2.05, 4.69) is 0 Å². The topological polar surface area (TPSA) is 48.1 Å². The van der Waals surface area contributed by atoms with Gasteiger partial charge in [-0.15, -0.1) is 0 Å². The molecule has 0 unspecified atom stereocenters. The Hall–Kier alpha value is -0.610. The standard InChI is InChI=1S/C11H18O4/c1-4-13-9(12)8-11(15-8)5-6-14-10(2,3)7-11/h8H,4-7H2,1-3H3/t8-,11+/m1/s1. The van der Waals surface area contributed by atoms with E-state index in [9.17, 15) is 4.79 Å². The summed E-state index contributed by atoms with van der Waals surface area (Å²) in [5.74, 6) is -0.227. The normalized spacial score (nSPS) is 37.7. The van der Waals surface area contributed by atoms with Crippen molar-refractivity contribution in [2.24, 2.45) is 0 Å². The molecule has 2 aliphatic heterocycles. The van der Waals surface area contributed by atoms with E-state index in [1.165, 1.54) is 0 Å². The highest BCUT2D eigenvalue weighted by atomic mass is 16.7. The molecule has 0 saturated carbocycles. The van der Waals surface area contributed by atoms with Gasteiger partial charge in [0.1, 0.15) is 5.60 Å². The van der Waals surface area contributed by atoms with Crippen LogP contribution < -0.4 is 0 Å². The highest BCUT2D eigenvalue weighted by molar-refractivity contribution is 5.79. The van der Waals surface area contributed by atoms with Crippen LogP contribution in [0.4, 0.5) is 0 Å². The zero-order valence-electron chi connectivity index (χ0n) is 9.54. The second-order valence-electron chi connectivity index (χ2n) is 4.85. The first-order chi connectivity index (χ1) is 6.99. The minimum Gasteiger partial charge on any atom is -0.464 e. The zero-order chi connectivity index (χ0) is 11.1. The van der Waals surface area contributed by atoms with Crippen molar-refractivity contribution in [1.82, 2.24) is 0 Å². The van der Waals surface area contributed by atoms with Crippen LogP contribution in [0.5, 0.6) is 0 Å². The second-order valence-corrected chi connectivity index (χ2v) is 4.85. The number of hydrogen-bond donors (Lipinski definition) is 0. The van der Waals surface area contributed by atoms with E-state index >= 15 is 0 Å². The smallest absolute Gasteiger partial charge is 0.338 e. The monoisotopic (exact) mass is 214 g/mol. The van der Waals surface area contributed by atoms with Crippen molar-refractivity contribution < 1.29 is 19.0 Å². The molecular formula is C11H18O4. The highest BCUT2D eigenvalue weighted by Crippen LogP contribution is 2.49. The molecule has 0 aliphatic carbocycles. The summed E-state index contributed by atoms with van der Waals surface area (Å²) in [6.07, 6.45) is 1.20. The Morgan fingerprint density at radius 3 is 2.87 bits per heavy atom. The van der Waals surface area contributed by atoms with Crippen LogP contribution in [0.3, 0.4) is 0 Å². The summed E-state index contributed by atoms with van der Waals surface area (Å²) >= 11 is 0. The van der Waals surface area contributed by atoms with Gasteiger partial charge in [-0.3, -0.25) is 0 Å². The van der Waals surface area contributed by atoms with Gasteiger partial charge in [0.15, 0.2) is 6.10 Å². The second kappa shape index (κ2) is 3.46. The molecule has 0 N–H and O–H groups in total. The maximum atomic E-state index is 11.5. The third-order valence-corrected chi connectivity index (χ3v) is 3.02. The molecule has 0 aromatic carbocycles. The van der Waals surface area contributed by atoms with Crippen molar-refractivity contribution in [2.45, 2.75) is 50.9 Å². The van der Waals surface area contributed by atoms with Crippen LogP contribution in [0.2, 0.25) is 0 Å². The number of rotatable bonds is 2. The Morgan fingerprint density at radius 1 is 1.53 bits per heavy atom. The lowest BCUT2D eigenvalue weighted by atomic mass is 9.86. The molecule has 2 aliphatic rings. The van der Waals surface area contributed by atoms with Crippen LogP contribution in [-0.2, 0) is 19.0 Å². The van der Waals surface area contributed by atoms with Gasteiger partial charge in [0.2, 0.25) is 0 Å². The molecule has 2 fully saturated rings. The summed E-state index contributed by atoms with van der Waals surface area (Å²) in [6, 6.07) is 0. The van der Waals surface area contributed by atoms with Crippen molar-refractivity contribution >= 4 is 5.97 Å². The Morgan fingerprint density at radius 2 is 2.27 bits per heavy atom. The molecule has 0 aromatic heterocycles. The van der Waals surface area contributed by atoms with Crippen LogP contribution in [0, 0.1) is 0 Å². The van der Waals surface area contributed by atoms with Crippen molar-refractivity contribution in [3.8, 4) is 0 Å². The number of hydrogen-bond acceptors (Lipinski definition) is 4. The predicted octanol–water partition coefficient (Wildman–Crippen LogP) is 1.28. The van der Waals surface area contributed by atoms with Crippen LogP contribution in [-0.4, -0.2) is 36.5 Å². The lowest BCUT2D eigenvalue weighted by Gasteiger charge is -2.34. The number of carbonyl (C=O) groups excluding carboxylic acids is 1. The maximum absolute atomic E-state index is 11.5. The van der Waals surface area contributed by atoms with E-state index in [1.54, 1.807) is 6.92 Å². The van der Waals surface area contributed by atoms with Gasteiger partial charge in [0.25, 0.3) is 0 Å². The Balaban J connectivity index is 1.97. The number of epoxide rings is 1. The molecule has 0 radical (unpaired) electrons. The van der Waals surface area contributed by atoms with Crippen molar-refractivity contribution in [1.29, 1.82) is 0 Å². The molecule has 0 bridgehead atoms. The third kappa shape index (κ3) is 2.01. The fraction of sp³-hybridized carbons (Fsp3) is 0.909. The molecule has 2 rings (SSSR count). The number of esters is 1. The summed E-state index contributed by atoms with van der Waals surface area (Å²) in [6.45, 7) is 6.92. The average molecular weight is 214 g/mol. The average Bonchev–Trinajstić information content (AvgIpc) is 2.77. The van der Waals surface area contributed by atoms with E-state index < -0.39 is 0 Å². The van der Waals surface area contributed by atoms with Crippen LogP contribution in [0.25, 0.3) is 0 Å². The first kappa shape index (κ1) is 10.9. The van der Waals surface area contributed by atoms with E-state index in [1.807, 2.05) is 13.8 Å². The molecule has 1 spiro atoms. The predicted molar refractivity (Wildman–Crippen MR) is 53.5 cm³/mol. The van der Waals surface area contributed by atoms with Crippen molar-refractivity contribution in [3.63, 3.8) is 0 Å². The highest BCUT2D eigenvalue weighted by Gasteiger charge is 2.64. The van der Waals surface area contributed by atoms with Gasteiger partial charge in [0, 0.05) is 12.8 Å². The largest absolute Gasteiger partial charge is 0.464 e. The Labute approximate surface area is 89.9 Å². The lowest BCUT2D eigenvalue weighted by molar-refractivity contribution is -0.144. The minimum absolute atomic E-state index is 0.195. The van der Waals surface area contributed by atoms with Gasteiger partial charge in [-0.25, -0.2) is 4.79 Å². The maximum Gasteiger partial charge on any atom is 0.338 e. The molecule has 2 atom stereocenters. The van der Waals surface area contributed by atoms with E-state index in [-0.39, 0.29) is 23.3 Å². The lowest BCUT2D eigenvalue weighted by Crippen LogP contribution is -2.41. The summed E-state index contributed by atoms with van der Waals surface area (Å²) in [5, 5.41) is 0. The van der Waals surface area contributed by atoms with Gasteiger partial charge >= 0.3 is 5.97 Å². The first-order valence-corrected chi connectivity index (χ1v) is 5.47.